The Morgan fingerprint density at radius 1 is 0.909 bits per heavy atom. The van der Waals surface area contributed by atoms with Crippen molar-refractivity contribution in [1.29, 1.82) is 0 Å². The van der Waals surface area contributed by atoms with Crippen LogP contribution in [0.2, 0.25) is 0 Å². The van der Waals surface area contributed by atoms with Crippen LogP contribution < -0.4 is 10.6 Å². The molecule has 0 fully saturated rings. The number of aliphatic hydroxyl groups is 2. The minimum absolute atomic E-state index is 0.147. The van der Waals surface area contributed by atoms with Crippen molar-refractivity contribution in [1.82, 2.24) is 10.6 Å². The third kappa shape index (κ3) is 8.63. The summed E-state index contributed by atoms with van der Waals surface area (Å²) in [6.45, 7) is 6.38. The number of hydrogen-bond acceptors (Lipinski definition) is 4. The van der Waals surface area contributed by atoms with E-state index in [1.54, 1.807) is 0 Å². The van der Waals surface area contributed by atoms with E-state index in [4.69, 9.17) is 0 Å². The highest BCUT2D eigenvalue weighted by Crippen LogP contribution is 2.28. The number of aliphatic hydroxyl groups excluding tert-OH is 2. The molecule has 0 heterocycles. The van der Waals surface area contributed by atoms with Crippen molar-refractivity contribution in [3.05, 3.63) is 71.8 Å². The zero-order chi connectivity index (χ0) is 24.2. The summed E-state index contributed by atoms with van der Waals surface area (Å²) in [5.74, 6) is -0.854. The maximum Gasteiger partial charge on any atom is 0.251 e. The molecule has 2 amide bonds. The van der Waals surface area contributed by atoms with E-state index in [9.17, 15) is 19.8 Å². The molecule has 0 aromatic heterocycles. The Morgan fingerprint density at radius 2 is 1.45 bits per heavy atom. The second-order valence-corrected chi connectivity index (χ2v) is 8.96. The predicted octanol–water partition coefficient (Wildman–Crippen LogP) is 3.38. The van der Waals surface area contributed by atoms with Crippen LogP contribution in [0.1, 0.15) is 63.5 Å². The molecule has 2 aromatic carbocycles. The van der Waals surface area contributed by atoms with Gasteiger partial charge in [-0.1, -0.05) is 87.9 Å². The molecule has 0 saturated heterocycles. The molecule has 0 aliphatic rings. The maximum atomic E-state index is 13.1. The number of unbranched alkanes of at least 4 members (excludes halogenated alkanes) is 1. The van der Waals surface area contributed by atoms with Gasteiger partial charge in [-0.05, 0) is 29.9 Å². The zero-order valence-corrected chi connectivity index (χ0v) is 19.9. The molecule has 0 saturated carbocycles. The van der Waals surface area contributed by atoms with Crippen molar-refractivity contribution in [2.75, 3.05) is 6.54 Å². The van der Waals surface area contributed by atoms with E-state index in [0.717, 1.165) is 24.0 Å². The lowest BCUT2D eigenvalue weighted by atomic mass is 9.88. The van der Waals surface area contributed by atoms with Crippen LogP contribution in [0, 0.1) is 5.92 Å². The molecule has 0 radical (unpaired) electrons. The van der Waals surface area contributed by atoms with Crippen molar-refractivity contribution in [2.24, 2.45) is 5.92 Å². The molecular formula is C27H38N2O4. The van der Waals surface area contributed by atoms with Gasteiger partial charge in [-0.25, -0.2) is 0 Å². The van der Waals surface area contributed by atoms with Crippen LogP contribution in [-0.4, -0.2) is 46.8 Å². The average molecular weight is 455 g/mol. The molecule has 0 aliphatic heterocycles. The van der Waals surface area contributed by atoms with E-state index >= 15 is 0 Å². The van der Waals surface area contributed by atoms with Crippen LogP contribution in [-0.2, 0) is 9.59 Å². The average Bonchev–Trinajstić information content (AvgIpc) is 2.82. The van der Waals surface area contributed by atoms with Crippen LogP contribution in [0.15, 0.2) is 60.7 Å². The first kappa shape index (κ1) is 26.6. The summed E-state index contributed by atoms with van der Waals surface area (Å²) >= 11 is 0. The van der Waals surface area contributed by atoms with E-state index in [1.165, 1.54) is 0 Å². The second kappa shape index (κ2) is 13.8. The molecule has 2 aromatic rings. The monoisotopic (exact) mass is 454 g/mol. The molecule has 180 valence electrons. The fourth-order valence-corrected chi connectivity index (χ4v) is 3.91. The zero-order valence-electron chi connectivity index (χ0n) is 19.9. The second-order valence-electron chi connectivity index (χ2n) is 8.96. The number of carbonyl (C=O) groups is 2. The van der Waals surface area contributed by atoms with Crippen molar-refractivity contribution >= 4 is 11.8 Å². The molecule has 0 spiro atoms. The number of hydrogen-bond donors (Lipinski definition) is 4. The Kier molecular flexibility index (Phi) is 11.1. The van der Waals surface area contributed by atoms with Crippen molar-refractivity contribution in [3.63, 3.8) is 0 Å². The van der Waals surface area contributed by atoms with E-state index in [2.05, 4.69) is 10.6 Å². The molecule has 6 nitrogen and oxygen atoms in total. The molecule has 4 N–H and O–H groups in total. The molecular weight excluding hydrogens is 416 g/mol. The highest BCUT2D eigenvalue weighted by Gasteiger charge is 2.33. The molecule has 2 rings (SSSR count). The van der Waals surface area contributed by atoms with Crippen molar-refractivity contribution in [3.8, 4) is 0 Å². The SMILES string of the molecule is CCCCNC(=O)[C@H](O)[C@@H](O)[C@H](CC(C)C)NC(=O)CC(c1ccccc1)c1ccccc1. The minimum atomic E-state index is -1.61. The van der Waals surface area contributed by atoms with E-state index in [0.29, 0.717) is 13.0 Å². The first-order chi connectivity index (χ1) is 15.8. The lowest BCUT2D eigenvalue weighted by Crippen LogP contribution is -2.54. The van der Waals surface area contributed by atoms with Gasteiger partial charge in [0.25, 0.3) is 5.91 Å². The highest BCUT2D eigenvalue weighted by molar-refractivity contribution is 5.82. The number of nitrogens with one attached hydrogen (secondary N) is 2. The van der Waals surface area contributed by atoms with Gasteiger partial charge in [-0.2, -0.15) is 0 Å². The van der Waals surface area contributed by atoms with Gasteiger partial charge >= 0.3 is 0 Å². The summed E-state index contributed by atoms with van der Waals surface area (Å²) in [5, 5.41) is 26.7. The Labute approximate surface area is 197 Å². The molecule has 0 unspecified atom stereocenters. The number of rotatable bonds is 13. The quantitative estimate of drug-likeness (QED) is 0.349. The van der Waals surface area contributed by atoms with E-state index in [-0.39, 0.29) is 24.2 Å². The van der Waals surface area contributed by atoms with Gasteiger partial charge in [0.1, 0.15) is 6.10 Å². The highest BCUT2D eigenvalue weighted by atomic mass is 16.3. The largest absolute Gasteiger partial charge is 0.388 e. The fourth-order valence-electron chi connectivity index (χ4n) is 3.91. The summed E-state index contributed by atoms with van der Waals surface area (Å²) in [4.78, 5) is 25.3. The Bertz CT molecular complexity index is 802. The standard InChI is InChI=1S/C27H38N2O4/c1-4-5-16-28-27(33)26(32)25(31)23(17-19(2)3)29-24(30)18-22(20-12-8-6-9-13-20)21-14-10-7-11-15-21/h6-15,19,22-23,25-26,31-32H,4-5,16-18H2,1-3H3,(H,28,33)(H,29,30)/t23-,25-,26+/m0/s1. The maximum absolute atomic E-state index is 13.1. The third-order valence-corrected chi connectivity index (χ3v) is 5.70. The summed E-state index contributed by atoms with van der Waals surface area (Å²) in [6.07, 6.45) is -0.674. The Morgan fingerprint density at radius 3 is 1.94 bits per heavy atom. The van der Waals surface area contributed by atoms with Crippen LogP contribution in [0.3, 0.4) is 0 Å². The van der Waals surface area contributed by atoms with E-state index < -0.39 is 24.2 Å². The lowest BCUT2D eigenvalue weighted by Gasteiger charge is -2.29. The van der Waals surface area contributed by atoms with Crippen molar-refractivity contribution < 1.29 is 19.8 Å². The molecule has 6 heteroatoms. The van der Waals surface area contributed by atoms with Gasteiger partial charge in [0, 0.05) is 18.9 Å². The molecule has 33 heavy (non-hydrogen) atoms. The smallest absolute Gasteiger partial charge is 0.251 e. The van der Waals surface area contributed by atoms with Crippen LogP contribution >= 0.6 is 0 Å². The van der Waals surface area contributed by atoms with Gasteiger partial charge in [0.15, 0.2) is 6.10 Å². The molecule has 3 atom stereocenters. The van der Waals surface area contributed by atoms with Crippen LogP contribution in [0.4, 0.5) is 0 Å². The Balaban J connectivity index is 2.13. The third-order valence-electron chi connectivity index (χ3n) is 5.70. The topological polar surface area (TPSA) is 98.7 Å². The van der Waals surface area contributed by atoms with Crippen molar-refractivity contribution in [2.45, 2.75) is 70.6 Å². The number of amides is 2. The van der Waals surface area contributed by atoms with Crippen LogP contribution in [0.25, 0.3) is 0 Å². The van der Waals surface area contributed by atoms with Gasteiger partial charge < -0.3 is 20.8 Å². The summed E-state index contributed by atoms with van der Waals surface area (Å²) < 4.78 is 0. The minimum Gasteiger partial charge on any atom is -0.388 e. The summed E-state index contributed by atoms with van der Waals surface area (Å²) in [7, 11) is 0. The van der Waals surface area contributed by atoms with E-state index in [1.807, 2.05) is 81.4 Å². The molecule has 0 bridgehead atoms. The fraction of sp³-hybridized carbons (Fsp3) is 0.481. The molecule has 0 aliphatic carbocycles. The predicted molar refractivity (Wildman–Crippen MR) is 131 cm³/mol. The number of benzene rings is 2. The summed E-state index contributed by atoms with van der Waals surface area (Å²) in [6, 6.07) is 18.9. The normalized spacial score (nSPS) is 14.0. The lowest BCUT2D eigenvalue weighted by molar-refractivity contribution is -0.138. The van der Waals surface area contributed by atoms with Gasteiger partial charge in [-0.3, -0.25) is 9.59 Å². The van der Waals surface area contributed by atoms with Gasteiger partial charge in [0.05, 0.1) is 6.04 Å². The first-order valence-electron chi connectivity index (χ1n) is 11.9. The number of carbonyl (C=O) groups excluding carboxylic acids is 2. The first-order valence-corrected chi connectivity index (χ1v) is 11.9. The van der Waals surface area contributed by atoms with Gasteiger partial charge in [0.2, 0.25) is 5.91 Å². The summed E-state index contributed by atoms with van der Waals surface area (Å²) in [5.41, 5.74) is 2.05. The Hall–Kier alpha value is -2.70. The van der Waals surface area contributed by atoms with Gasteiger partial charge in [-0.15, -0.1) is 0 Å². The van der Waals surface area contributed by atoms with Crippen LogP contribution in [0.5, 0.6) is 0 Å².